The van der Waals surface area contributed by atoms with Gasteiger partial charge in [0.25, 0.3) is 0 Å². The SMILES string of the molecule is CCc1cc(N)c2ccc(OC[C@H]3O[C@@H](n4cc(Br)c5c(N)ncnc54)[C@@H](F)[C@@H]3O)cc2n1. The lowest BCUT2D eigenvalue weighted by atomic mass is 10.1. The maximum Gasteiger partial charge on any atom is 0.173 e. The number of fused-ring (bicyclic) bond motifs is 2. The van der Waals surface area contributed by atoms with Crippen molar-refractivity contribution in [1.82, 2.24) is 19.5 Å². The van der Waals surface area contributed by atoms with Crippen LogP contribution in [0.5, 0.6) is 5.75 Å². The standard InChI is InChI=1S/C22H22BrFN6O3/c1-2-10-5-14(25)12-4-3-11(6-15(12)29-10)32-8-16-19(31)18(24)22(33-16)30-7-13(23)17-20(26)27-9-28-21(17)30/h3-7,9,16,18-19,22,31H,2,8H2,1H3,(H2,25,29)(H2,26,27,28)/t16-,18+,19-,22-/m1/s1. The number of aromatic nitrogens is 4. The minimum atomic E-state index is -1.69. The molecule has 0 spiro atoms. The largest absolute Gasteiger partial charge is 0.491 e. The minimum absolute atomic E-state index is 0.0515. The highest BCUT2D eigenvalue weighted by atomic mass is 79.9. The van der Waals surface area contributed by atoms with Gasteiger partial charge in [0.05, 0.1) is 10.9 Å². The average Bonchev–Trinajstić information content (AvgIpc) is 3.29. The first-order chi connectivity index (χ1) is 15.9. The van der Waals surface area contributed by atoms with Crippen molar-refractivity contribution in [2.45, 2.75) is 38.0 Å². The molecule has 4 heterocycles. The van der Waals surface area contributed by atoms with Crippen LogP contribution in [0, 0.1) is 0 Å². The first kappa shape index (κ1) is 21.8. The fraction of sp³-hybridized carbons (Fsp3) is 0.318. The lowest BCUT2D eigenvalue weighted by molar-refractivity contribution is -0.0411. The van der Waals surface area contributed by atoms with Crippen molar-refractivity contribution < 1.29 is 19.0 Å². The zero-order valence-corrected chi connectivity index (χ0v) is 19.2. The van der Waals surface area contributed by atoms with Crippen molar-refractivity contribution in [3.63, 3.8) is 0 Å². The summed E-state index contributed by atoms with van der Waals surface area (Å²) in [5, 5.41) is 11.9. The van der Waals surface area contributed by atoms with Crippen LogP contribution in [-0.2, 0) is 11.2 Å². The molecule has 172 valence electrons. The molecule has 33 heavy (non-hydrogen) atoms. The highest BCUT2D eigenvalue weighted by Crippen LogP contribution is 2.38. The van der Waals surface area contributed by atoms with Gasteiger partial charge in [0.2, 0.25) is 0 Å². The van der Waals surface area contributed by atoms with Gasteiger partial charge in [0.15, 0.2) is 12.4 Å². The molecule has 11 heteroatoms. The third-order valence-electron chi connectivity index (χ3n) is 5.80. The van der Waals surface area contributed by atoms with E-state index in [1.165, 1.54) is 10.9 Å². The molecule has 0 saturated carbocycles. The van der Waals surface area contributed by atoms with Crippen molar-refractivity contribution in [3.05, 3.63) is 47.0 Å². The predicted octanol–water partition coefficient (Wildman–Crippen LogP) is 3.14. The fourth-order valence-corrected chi connectivity index (χ4v) is 4.66. The van der Waals surface area contributed by atoms with Gasteiger partial charge in [-0.1, -0.05) is 6.92 Å². The van der Waals surface area contributed by atoms with Crippen LogP contribution in [0.25, 0.3) is 21.9 Å². The van der Waals surface area contributed by atoms with Crippen LogP contribution in [-0.4, -0.2) is 49.6 Å². The number of aliphatic hydroxyl groups excluding tert-OH is 1. The molecule has 4 atom stereocenters. The van der Waals surface area contributed by atoms with Crippen LogP contribution >= 0.6 is 15.9 Å². The number of aryl methyl sites for hydroxylation is 1. The second-order valence-corrected chi connectivity index (χ2v) is 8.74. The number of hydrogen-bond donors (Lipinski definition) is 3. The Morgan fingerprint density at radius 2 is 2.09 bits per heavy atom. The molecule has 0 unspecified atom stereocenters. The molecule has 0 bridgehead atoms. The second-order valence-electron chi connectivity index (χ2n) is 7.89. The molecule has 0 amide bonds. The number of anilines is 2. The summed E-state index contributed by atoms with van der Waals surface area (Å²) in [6, 6.07) is 7.21. The summed E-state index contributed by atoms with van der Waals surface area (Å²) in [7, 11) is 0. The quantitative estimate of drug-likeness (QED) is 0.368. The molecule has 1 fully saturated rings. The molecule has 5 rings (SSSR count). The Hall–Kier alpha value is -3.02. The van der Waals surface area contributed by atoms with Crippen molar-refractivity contribution >= 4 is 49.4 Å². The van der Waals surface area contributed by atoms with Crippen LogP contribution in [0.3, 0.4) is 0 Å². The maximum absolute atomic E-state index is 15.1. The molecule has 5 N–H and O–H groups in total. The Morgan fingerprint density at radius 3 is 2.88 bits per heavy atom. The number of hydrogen-bond acceptors (Lipinski definition) is 8. The Labute approximate surface area is 196 Å². The van der Waals surface area contributed by atoms with Gasteiger partial charge in [0.1, 0.15) is 42.4 Å². The molecular weight excluding hydrogens is 495 g/mol. The van der Waals surface area contributed by atoms with E-state index in [4.69, 9.17) is 20.9 Å². The summed E-state index contributed by atoms with van der Waals surface area (Å²) in [5.74, 6) is 0.781. The summed E-state index contributed by atoms with van der Waals surface area (Å²) >= 11 is 3.40. The molecule has 9 nitrogen and oxygen atoms in total. The molecule has 1 aliphatic heterocycles. The molecule has 3 aromatic heterocycles. The van der Waals surface area contributed by atoms with E-state index in [1.807, 2.05) is 19.1 Å². The average molecular weight is 517 g/mol. The number of rotatable bonds is 5. The van der Waals surface area contributed by atoms with E-state index < -0.39 is 24.6 Å². The monoisotopic (exact) mass is 516 g/mol. The summed E-state index contributed by atoms with van der Waals surface area (Å²) in [5.41, 5.74) is 14.7. The van der Waals surface area contributed by atoms with Gasteiger partial charge >= 0.3 is 0 Å². The Bertz CT molecular complexity index is 1350. The fourth-order valence-electron chi connectivity index (χ4n) is 4.06. The van der Waals surface area contributed by atoms with E-state index >= 15 is 4.39 Å². The number of alkyl halides is 1. The van der Waals surface area contributed by atoms with E-state index in [9.17, 15) is 5.11 Å². The number of halogens is 2. The van der Waals surface area contributed by atoms with Crippen molar-refractivity contribution in [3.8, 4) is 5.75 Å². The van der Waals surface area contributed by atoms with Gasteiger partial charge in [-0.15, -0.1) is 0 Å². The number of nitrogens with two attached hydrogens (primary N) is 2. The molecule has 1 aliphatic rings. The zero-order valence-electron chi connectivity index (χ0n) is 17.7. The number of nitrogen functional groups attached to an aromatic ring is 2. The van der Waals surface area contributed by atoms with E-state index in [0.717, 1.165) is 17.5 Å². The number of aliphatic hydroxyl groups is 1. The highest BCUT2D eigenvalue weighted by molar-refractivity contribution is 9.10. The van der Waals surface area contributed by atoms with Crippen LogP contribution in [0.4, 0.5) is 15.9 Å². The van der Waals surface area contributed by atoms with E-state index in [1.54, 1.807) is 18.3 Å². The van der Waals surface area contributed by atoms with Gasteiger partial charge < -0.3 is 30.6 Å². The molecule has 0 aliphatic carbocycles. The summed E-state index contributed by atoms with van der Waals surface area (Å²) in [6.07, 6.45) is -1.39. The lowest BCUT2D eigenvalue weighted by Crippen LogP contribution is -2.32. The van der Waals surface area contributed by atoms with Gasteiger partial charge in [-0.25, -0.2) is 14.4 Å². The molecule has 0 radical (unpaired) electrons. The normalized spacial score (nSPS) is 22.9. The van der Waals surface area contributed by atoms with Gasteiger partial charge in [-0.05, 0) is 40.5 Å². The van der Waals surface area contributed by atoms with Crippen LogP contribution in [0.2, 0.25) is 0 Å². The Morgan fingerprint density at radius 1 is 1.27 bits per heavy atom. The predicted molar refractivity (Wildman–Crippen MR) is 125 cm³/mol. The van der Waals surface area contributed by atoms with Crippen LogP contribution < -0.4 is 16.2 Å². The number of benzene rings is 1. The number of pyridine rings is 1. The third-order valence-corrected chi connectivity index (χ3v) is 6.40. The number of ether oxygens (including phenoxy) is 2. The highest BCUT2D eigenvalue weighted by Gasteiger charge is 2.46. The molecule has 4 aromatic rings. The second kappa shape index (κ2) is 8.40. The summed E-state index contributed by atoms with van der Waals surface area (Å²) in [4.78, 5) is 12.7. The maximum atomic E-state index is 15.1. The summed E-state index contributed by atoms with van der Waals surface area (Å²) in [6.45, 7) is 1.95. The third kappa shape index (κ3) is 3.75. The molecule has 1 saturated heterocycles. The van der Waals surface area contributed by atoms with Crippen LogP contribution in [0.1, 0.15) is 18.8 Å². The minimum Gasteiger partial charge on any atom is -0.491 e. The first-order valence-electron chi connectivity index (χ1n) is 10.4. The summed E-state index contributed by atoms with van der Waals surface area (Å²) < 4.78 is 28.8. The van der Waals surface area contributed by atoms with Gasteiger partial charge in [-0.3, -0.25) is 4.98 Å². The lowest BCUT2D eigenvalue weighted by Gasteiger charge is -2.17. The van der Waals surface area contributed by atoms with E-state index in [0.29, 0.717) is 32.5 Å². The first-order valence-corrected chi connectivity index (χ1v) is 11.2. The van der Waals surface area contributed by atoms with Crippen molar-refractivity contribution in [2.75, 3.05) is 18.1 Å². The zero-order chi connectivity index (χ0) is 23.3. The topological polar surface area (TPSA) is 134 Å². The molecular formula is C22H22BrFN6O3. The number of nitrogens with zero attached hydrogens (tertiary/aromatic N) is 4. The van der Waals surface area contributed by atoms with E-state index in [-0.39, 0.29) is 12.4 Å². The molecule has 1 aromatic carbocycles. The van der Waals surface area contributed by atoms with Crippen LogP contribution in [0.15, 0.2) is 41.3 Å². The van der Waals surface area contributed by atoms with Gasteiger partial charge in [-0.2, -0.15) is 0 Å². The van der Waals surface area contributed by atoms with E-state index in [2.05, 4.69) is 30.9 Å². The Balaban J connectivity index is 1.36. The van der Waals surface area contributed by atoms with Gasteiger partial charge in [0, 0.05) is 33.5 Å². The smallest absolute Gasteiger partial charge is 0.173 e. The Kier molecular flexibility index (Phi) is 5.55. The van der Waals surface area contributed by atoms with Crippen molar-refractivity contribution in [2.24, 2.45) is 0 Å². The van der Waals surface area contributed by atoms with Crippen molar-refractivity contribution in [1.29, 1.82) is 0 Å².